The molecule has 6 heteroatoms. The molecule has 1 aromatic rings. The minimum Gasteiger partial charge on any atom is -0.396 e. The number of halogens is 2. The molecule has 0 aliphatic rings. The highest BCUT2D eigenvalue weighted by Crippen LogP contribution is 2.30. The fraction of sp³-hybridized carbons (Fsp3) is 0.632. The standard InChI is InChI=1S/C19H32FN3O.HI/c1-4-19(5-2,12-14-24)15-23-18(21-6-3)22-13-11-16-7-9-17(20)10-8-16;/h7-10,24H,4-6,11-15H2,1-3H3,(H2,21,22,23);1H. The van der Waals surface area contributed by atoms with E-state index in [1.807, 2.05) is 19.1 Å². The second kappa shape index (κ2) is 13.3. The first-order chi connectivity index (χ1) is 11.6. The number of nitrogens with zero attached hydrogens (tertiary/aromatic N) is 1. The molecule has 0 aromatic heterocycles. The molecule has 0 radical (unpaired) electrons. The average molecular weight is 465 g/mol. The second-order valence-corrected chi connectivity index (χ2v) is 6.18. The first-order valence-electron chi connectivity index (χ1n) is 8.96. The van der Waals surface area contributed by atoms with Crippen LogP contribution in [0.1, 0.15) is 45.6 Å². The first kappa shape index (κ1) is 24.1. The lowest BCUT2D eigenvalue weighted by Crippen LogP contribution is -2.39. The van der Waals surface area contributed by atoms with E-state index in [4.69, 9.17) is 4.99 Å². The van der Waals surface area contributed by atoms with E-state index in [0.717, 1.165) is 50.3 Å². The molecule has 0 unspecified atom stereocenters. The van der Waals surface area contributed by atoms with Crippen LogP contribution in [0.15, 0.2) is 29.3 Å². The summed E-state index contributed by atoms with van der Waals surface area (Å²) in [7, 11) is 0. The van der Waals surface area contributed by atoms with Gasteiger partial charge in [-0.3, -0.25) is 4.99 Å². The summed E-state index contributed by atoms with van der Waals surface area (Å²) in [4.78, 5) is 4.71. The zero-order valence-electron chi connectivity index (χ0n) is 15.6. The number of aliphatic hydroxyl groups is 1. The van der Waals surface area contributed by atoms with E-state index < -0.39 is 0 Å². The molecule has 1 rings (SSSR count). The summed E-state index contributed by atoms with van der Waals surface area (Å²) in [6.45, 7) is 8.79. The van der Waals surface area contributed by atoms with Gasteiger partial charge in [-0.15, -0.1) is 24.0 Å². The highest BCUT2D eigenvalue weighted by Gasteiger charge is 2.25. The van der Waals surface area contributed by atoms with Crippen molar-refractivity contribution in [3.63, 3.8) is 0 Å². The molecule has 3 N–H and O–H groups in total. The van der Waals surface area contributed by atoms with Gasteiger partial charge in [0.15, 0.2) is 5.96 Å². The van der Waals surface area contributed by atoms with Gasteiger partial charge in [-0.25, -0.2) is 4.39 Å². The van der Waals surface area contributed by atoms with E-state index in [1.165, 1.54) is 12.1 Å². The molecule has 0 amide bonds. The van der Waals surface area contributed by atoms with Crippen LogP contribution in [0.2, 0.25) is 0 Å². The van der Waals surface area contributed by atoms with Crippen molar-refractivity contribution in [1.82, 2.24) is 10.6 Å². The minimum atomic E-state index is -0.207. The Morgan fingerprint density at radius 2 is 1.76 bits per heavy atom. The summed E-state index contributed by atoms with van der Waals surface area (Å²) in [5, 5.41) is 15.9. The number of aliphatic imine (C=N–C) groups is 1. The van der Waals surface area contributed by atoms with Crippen molar-refractivity contribution >= 4 is 29.9 Å². The number of aliphatic hydroxyl groups excluding tert-OH is 1. The van der Waals surface area contributed by atoms with Gasteiger partial charge < -0.3 is 15.7 Å². The summed E-state index contributed by atoms with van der Waals surface area (Å²) in [5.41, 5.74) is 1.16. The zero-order chi connectivity index (χ0) is 17.8. The van der Waals surface area contributed by atoms with Crippen LogP contribution in [0.3, 0.4) is 0 Å². The maximum Gasteiger partial charge on any atom is 0.191 e. The van der Waals surface area contributed by atoms with E-state index in [2.05, 4.69) is 24.5 Å². The number of hydrogen-bond donors (Lipinski definition) is 3. The Balaban J connectivity index is 0.00000576. The van der Waals surface area contributed by atoms with Crippen molar-refractivity contribution in [2.45, 2.75) is 46.5 Å². The van der Waals surface area contributed by atoms with Gasteiger partial charge in [-0.1, -0.05) is 26.0 Å². The Morgan fingerprint density at radius 1 is 1.12 bits per heavy atom. The molecule has 0 aliphatic heterocycles. The molecule has 0 atom stereocenters. The molecule has 4 nitrogen and oxygen atoms in total. The Kier molecular flexibility index (Phi) is 12.9. The summed E-state index contributed by atoms with van der Waals surface area (Å²) in [5.74, 6) is 0.588. The van der Waals surface area contributed by atoms with Gasteiger partial charge in [-0.2, -0.15) is 0 Å². The topological polar surface area (TPSA) is 56.7 Å². The quantitative estimate of drug-likeness (QED) is 0.281. The Hall–Kier alpha value is -0.890. The number of benzene rings is 1. The smallest absolute Gasteiger partial charge is 0.191 e. The number of rotatable bonds is 10. The maximum atomic E-state index is 12.9. The van der Waals surface area contributed by atoms with Gasteiger partial charge in [0, 0.05) is 26.2 Å². The Morgan fingerprint density at radius 3 is 2.28 bits per heavy atom. The summed E-state index contributed by atoms with van der Waals surface area (Å²) < 4.78 is 12.9. The monoisotopic (exact) mass is 465 g/mol. The lowest BCUT2D eigenvalue weighted by atomic mass is 9.79. The number of nitrogens with one attached hydrogen (secondary N) is 2. The molecular formula is C19H33FIN3O. The van der Waals surface area contributed by atoms with E-state index in [-0.39, 0.29) is 41.8 Å². The lowest BCUT2D eigenvalue weighted by molar-refractivity contribution is 0.175. The molecule has 0 saturated heterocycles. The fourth-order valence-electron chi connectivity index (χ4n) is 2.71. The van der Waals surface area contributed by atoms with E-state index in [1.54, 1.807) is 0 Å². The molecule has 0 saturated carbocycles. The van der Waals surface area contributed by atoms with Gasteiger partial charge in [0.2, 0.25) is 0 Å². The maximum absolute atomic E-state index is 12.9. The van der Waals surface area contributed by atoms with Crippen molar-refractivity contribution in [2.24, 2.45) is 10.4 Å². The third kappa shape index (κ3) is 8.85. The molecular weight excluding hydrogens is 432 g/mol. The SMILES string of the molecule is CCNC(=NCC(CC)(CC)CCO)NCCc1ccc(F)cc1.I. The van der Waals surface area contributed by atoms with Crippen molar-refractivity contribution in [3.8, 4) is 0 Å². The van der Waals surface area contributed by atoms with Gasteiger partial charge >= 0.3 is 0 Å². The van der Waals surface area contributed by atoms with Gasteiger partial charge in [0.05, 0.1) is 0 Å². The second-order valence-electron chi connectivity index (χ2n) is 6.18. The molecule has 144 valence electrons. The first-order valence-corrected chi connectivity index (χ1v) is 8.96. The molecule has 0 aliphatic carbocycles. The molecule has 0 heterocycles. The number of guanidine groups is 1. The van der Waals surface area contributed by atoms with Gasteiger partial charge in [0.1, 0.15) is 5.82 Å². The van der Waals surface area contributed by atoms with Crippen LogP contribution >= 0.6 is 24.0 Å². The normalized spacial score (nSPS) is 11.8. The molecule has 0 fully saturated rings. The summed E-state index contributed by atoms with van der Waals surface area (Å²) in [6.07, 6.45) is 3.59. The van der Waals surface area contributed by atoms with Gasteiger partial charge in [0.25, 0.3) is 0 Å². The fourth-order valence-corrected chi connectivity index (χ4v) is 2.71. The van der Waals surface area contributed by atoms with Crippen LogP contribution in [-0.4, -0.2) is 37.3 Å². The van der Waals surface area contributed by atoms with Crippen LogP contribution < -0.4 is 10.6 Å². The lowest BCUT2D eigenvalue weighted by Gasteiger charge is -2.29. The van der Waals surface area contributed by atoms with Crippen molar-refractivity contribution < 1.29 is 9.50 Å². The average Bonchev–Trinajstić information content (AvgIpc) is 2.60. The third-order valence-corrected chi connectivity index (χ3v) is 4.68. The van der Waals surface area contributed by atoms with Crippen LogP contribution in [0, 0.1) is 11.2 Å². The van der Waals surface area contributed by atoms with Crippen LogP contribution in [0.5, 0.6) is 0 Å². The number of hydrogen-bond acceptors (Lipinski definition) is 2. The molecule has 0 bridgehead atoms. The van der Waals surface area contributed by atoms with Crippen LogP contribution in [0.25, 0.3) is 0 Å². The van der Waals surface area contributed by atoms with E-state index in [0.29, 0.717) is 6.54 Å². The third-order valence-electron chi connectivity index (χ3n) is 4.68. The van der Waals surface area contributed by atoms with E-state index in [9.17, 15) is 9.50 Å². The zero-order valence-corrected chi connectivity index (χ0v) is 18.0. The van der Waals surface area contributed by atoms with E-state index >= 15 is 0 Å². The molecule has 1 aromatic carbocycles. The highest BCUT2D eigenvalue weighted by molar-refractivity contribution is 14.0. The van der Waals surface area contributed by atoms with Crippen molar-refractivity contribution in [2.75, 3.05) is 26.2 Å². The highest BCUT2D eigenvalue weighted by atomic mass is 127. The Bertz CT molecular complexity index is 490. The van der Waals surface area contributed by atoms with Crippen molar-refractivity contribution in [3.05, 3.63) is 35.6 Å². The van der Waals surface area contributed by atoms with Crippen molar-refractivity contribution in [1.29, 1.82) is 0 Å². The predicted octanol–water partition coefficient (Wildman–Crippen LogP) is 3.73. The largest absolute Gasteiger partial charge is 0.396 e. The predicted molar refractivity (Wildman–Crippen MR) is 114 cm³/mol. The van der Waals surface area contributed by atoms with Crippen LogP contribution in [0.4, 0.5) is 4.39 Å². The Labute approximate surface area is 168 Å². The summed E-state index contributed by atoms with van der Waals surface area (Å²) >= 11 is 0. The summed E-state index contributed by atoms with van der Waals surface area (Å²) in [6, 6.07) is 6.59. The molecule has 25 heavy (non-hydrogen) atoms. The van der Waals surface area contributed by atoms with Crippen LogP contribution in [-0.2, 0) is 6.42 Å². The minimum absolute atomic E-state index is 0. The van der Waals surface area contributed by atoms with Gasteiger partial charge in [-0.05, 0) is 55.7 Å². The molecule has 0 spiro atoms.